The van der Waals surface area contributed by atoms with Crippen LogP contribution in [0.4, 0.5) is 11.6 Å². The van der Waals surface area contributed by atoms with Gasteiger partial charge in [-0.3, -0.25) is 0 Å². The molecule has 0 amide bonds. The lowest BCUT2D eigenvalue weighted by Gasteiger charge is -2.08. The number of nitrogens with two attached hydrogens (primary N) is 1. The van der Waals surface area contributed by atoms with E-state index in [1.165, 1.54) is 13.4 Å². The predicted molar refractivity (Wildman–Crippen MR) is 65.5 cm³/mol. The van der Waals surface area contributed by atoms with Crippen LogP contribution in [0.1, 0.15) is 0 Å². The second kappa shape index (κ2) is 5.41. The summed E-state index contributed by atoms with van der Waals surface area (Å²) in [5, 5.41) is 2.85. The second-order valence-corrected chi connectivity index (χ2v) is 5.71. The molecule has 0 spiro atoms. The number of hydrogen-bond donors (Lipinski definition) is 3. The third kappa shape index (κ3) is 3.58. The molecule has 16 heavy (non-hydrogen) atoms. The fraction of sp³-hybridized carbons (Fsp3) is 0.429. The first kappa shape index (κ1) is 13.1. The van der Waals surface area contributed by atoms with Gasteiger partial charge in [0.1, 0.15) is 22.4 Å². The van der Waals surface area contributed by atoms with E-state index in [-0.39, 0.29) is 12.3 Å². The van der Waals surface area contributed by atoms with Crippen LogP contribution >= 0.6 is 15.9 Å². The van der Waals surface area contributed by atoms with E-state index >= 15 is 0 Å². The molecule has 1 heterocycles. The van der Waals surface area contributed by atoms with Crippen LogP contribution in [0.2, 0.25) is 0 Å². The van der Waals surface area contributed by atoms with Crippen molar-refractivity contribution in [2.24, 2.45) is 0 Å². The Hall–Kier alpha value is -0.930. The molecule has 90 valence electrons. The van der Waals surface area contributed by atoms with Crippen LogP contribution in [0, 0.1) is 0 Å². The van der Waals surface area contributed by atoms with Gasteiger partial charge in [0.05, 0.1) is 5.75 Å². The van der Waals surface area contributed by atoms with E-state index in [0.717, 1.165) is 0 Å². The summed E-state index contributed by atoms with van der Waals surface area (Å²) < 4.78 is 25.0. The topological polar surface area (TPSA) is 110 Å². The Balaban J connectivity index is 2.59. The van der Waals surface area contributed by atoms with Gasteiger partial charge in [0.2, 0.25) is 10.0 Å². The van der Waals surface area contributed by atoms with E-state index in [1.807, 2.05) is 0 Å². The standard InChI is InChI=1S/C7H12BrN5O2S/c1-10-16(14,15)3-2-11-7-5(8)6(9)12-4-13-7/h4,10H,2-3H2,1H3,(H3,9,11,12,13). The molecule has 9 heteroatoms. The van der Waals surface area contributed by atoms with Crippen molar-refractivity contribution in [3.05, 3.63) is 10.8 Å². The lowest BCUT2D eigenvalue weighted by atomic mass is 10.5. The Bertz CT molecular complexity index is 464. The van der Waals surface area contributed by atoms with E-state index in [9.17, 15) is 8.42 Å². The van der Waals surface area contributed by atoms with Crippen molar-refractivity contribution < 1.29 is 8.42 Å². The van der Waals surface area contributed by atoms with Gasteiger partial charge in [0.15, 0.2) is 0 Å². The lowest BCUT2D eigenvalue weighted by Crippen LogP contribution is -2.26. The highest BCUT2D eigenvalue weighted by Gasteiger charge is 2.08. The van der Waals surface area contributed by atoms with Crippen molar-refractivity contribution in [2.75, 3.05) is 30.4 Å². The Labute approximate surface area is 102 Å². The molecule has 0 aliphatic heterocycles. The van der Waals surface area contributed by atoms with Gasteiger partial charge in [-0.05, 0) is 23.0 Å². The summed E-state index contributed by atoms with van der Waals surface area (Å²) in [5.41, 5.74) is 5.54. The molecule has 0 radical (unpaired) electrons. The van der Waals surface area contributed by atoms with Gasteiger partial charge < -0.3 is 11.1 Å². The summed E-state index contributed by atoms with van der Waals surface area (Å²) in [5.74, 6) is 0.729. The molecule has 0 fully saturated rings. The highest BCUT2D eigenvalue weighted by atomic mass is 79.9. The van der Waals surface area contributed by atoms with Crippen molar-refractivity contribution in [2.45, 2.75) is 0 Å². The SMILES string of the molecule is CNS(=O)(=O)CCNc1ncnc(N)c1Br. The van der Waals surface area contributed by atoms with Gasteiger partial charge in [0, 0.05) is 6.54 Å². The smallest absolute Gasteiger partial charge is 0.213 e. The quantitative estimate of drug-likeness (QED) is 0.694. The molecular formula is C7H12BrN5O2S. The van der Waals surface area contributed by atoms with Crippen molar-refractivity contribution in [1.29, 1.82) is 0 Å². The predicted octanol–water partition coefficient (Wildman–Crippen LogP) is -0.218. The van der Waals surface area contributed by atoms with Gasteiger partial charge >= 0.3 is 0 Å². The van der Waals surface area contributed by atoms with Crippen LogP contribution in [0.15, 0.2) is 10.8 Å². The molecule has 0 aliphatic rings. The largest absolute Gasteiger partial charge is 0.383 e. The summed E-state index contributed by atoms with van der Waals surface area (Å²) in [7, 11) is -1.85. The van der Waals surface area contributed by atoms with Gasteiger partial charge in [-0.15, -0.1) is 0 Å². The molecular weight excluding hydrogens is 298 g/mol. The van der Waals surface area contributed by atoms with Gasteiger partial charge in [-0.1, -0.05) is 0 Å². The maximum Gasteiger partial charge on any atom is 0.213 e. The number of nitrogens with zero attached hydrogens (tertiary/aromatic N) is 2. The summed E-state index contributed by atoms with van der Waals surface area (Å²) in [6, 6.07) is 0. The van der Waals surface area contributed by atoms with Crippen molar-refractivity contribution in [3.8, 4) is 0 Å². The minimum absolute atomic E-state index is 0.0418. The number of nitrogen functional groups attached to an aromatic ring is 1. The fourth-order valence-corrected chi connectivity index (χ4v) is 1.83. The molecule has 0 aromatic carbocycles. The molecule has 0 bridgehead atoms. The van der Waals surface area contributed by atoms with Crippen LogP contribution < -0.4 is 15.8 Å². The third-order valence-electron chi connectivity index (χ3n) is 1.79. The van der Waals surface area contributed by atoms with Crippen molar-refractivity contribution >= 4 is 37.6 Å². The zero-order chi connectivity index (χ0) is 12.2. The maximum atomic E-state index is 11.1. The van der Waals surface area contributed by atoms with E-state index in [1.54, 1.807) is 0 Å². The van der Waals surface area contributed by atoms with E-state index in [4.69, 9.17) is 5.73 Å². The molecule has 4 N–H and O–H groups in total. The zero-order valence-electron chi connectivity index (χ0n) is 8.57. The summed E-state index contributed by atoms with van der Waals surface area (Å²) in [4.78, 5) is 7.68. The first-order valence-electron chi connectivity index (χ1n) is 4.37. The average molecular weight is 310 g/mol. The lowest BCUT2D eigenvalue weighted by molar-refractivity contribution is 0.588. The Kier molecular flexibility index (Phi) is 4.44. The van der Waals surface area contributed by atoms with Crippen molar-refractivity contribution in [3.63, 3.8) is 0 Å². The number of sulfonamides is 1. The first-order valence-corrected chi connectivity index (χ1v) is 6.82. The normalized spacial score (nSPS) is 11.4. The number of halogens is 1. The third-order valence-corrected chi connectivity index (χ3v) is 3.94. The number of rotatable bonds is 5. The van der Waals surface area contributed by atoms with Crippen molar-refractivity contribution in [1.82, 2.24) is 14.7 Å². The highest BCUT2D eigenvalue weighted by molar-refractivity contribution is 9.10. The number of aromatic nitrogens is 2. The Morgan fingerprint density at radius 3 is 2.81 bits per heavy atom. The Morgan fingerprint density at radius 2 is 2.19 bits per heavy atom. The summed E-state index contributed by atoms with van der Waals surface area (Å²) in [6.07, 6.45) is 1.30. The molecule has 0 saturated heterocycles. The summed E-state index contributed by atoms with van der Waals surface area (Å²) in [6.45, 7) is 0.234. The molecule has 1 aromatic rings. The van der Waals surface area contributed by atoms with Crippen LogP contribution in [-0.4, -0.2) is 37.7 Å². The number of nitrogens with one attached hydrogen (secondary N) is 2. The van der Waals surface area contributed by atoms with Crippen LogP contribution in [-0.2, 0) is 10.0 Å². The molecule has 0 saturated carbocycles. The molecule has 0 aliphatic carbocycles. The van der Waals surface area contributed by atoms with E-state index in [0.29, 0.717) is 16.1 Å². The zero-order valence-corrected chi connectivity index (χ0v) is 11.0. The average Bonchev–Trinajstić information content (AvgIpc) is 2.24. The molecule has 0 atom stereocenters. The monoisotopic (exact) mass is 309 g/mol. The van der Waals surface area contributed by atoms with Gasteiger partial charge in [-0.2, -0.15) is 0 Å². The molecule has 1 aromatic heterocycles. The van der Waals surface area contributed by atoms with Gasteiger partial charge in [-0.25, -0.2) is 23.1 Å². The van der Waals surface area contributed by atoms with E-state index in [2.05, 4.69) is 35.9 Å². The van der Waals surface area contributed by atoms with Crippen LogP contribution in [0.3, 0.4) is 0 Å². The minimum atomic E-state index is -3.22. The van der Waals surface area contributed by atoms with E-state index < -0.39 is 10.0 Å². The maximum absolute atomic E-state index is 11.1. The molecule has 7 nitrogen and oxygen atoms in total. The fourth-order valence-electron chi connectivity index (χ4n) is 0.913. The Morgan fingerprint density at radius 1 is 1.50 bits per heavy atom. The van der Waals surface area contributed by atoms with Crippen LogP contribution in [0.25, 0.3) is 0 Å². The molecule has 1 rings (SSSR count). The second-order valence-electron chi connectivity index (χ2n) is 2.87. The van der Waals surface area contributed by atoms with Gasteiger partial charge in [0.25, 0.3) is 0 Å². The summed E-state index contributed by atoms with van der Waals surface area (Å²) >= 11 is 3.20. The highest BCUT2D eigenvalue weighted by Crippen LogP contribution is 2.23. The number of hydrogen-bond acceptors (Lipinski definition) is 6. The molecule has 0 unspecified atom stereocenters. The number of anilines is 2. The first-order chi connectivity index (χ1) is 7.46. The van der Waals surface area contributed by atoms with Crippen LogP contribution in [0.5, 0.6) is 0 Å². The minimum Gasteiger partial charge on any atom is -0.383 e.